The first-order chi connectivity index (χ1) is 12.8. The molecule has 2 aromatic heterocycles. The lowest BCUT2D eigenvalue weighted by Gasteiger charge is -2.16. The SMILES string of the molecule is O=CC(C1CC1)n1cc(-c2ccccc2)c2c([nH]c3ccccc32)c1=O. The van der Waals surface area contributed by atoms with E-state index in [4.69, 9.17) is 0 Å². The first-order valence-corrected chi connectivity index (χ1v) is 8.94. The molecule has 1 fully saturated rings. The first kappa shape index (κ1) is 15.1. The summed E-state index contributed by atoms with van der Waals surface area (Å²) in [4.78, 5) is 28.2. The molecule has 0 bridgehead atoms. The maximum atomic E-state index is 13.2. The van der Waals surface area contributed by atoms with Crippen LogP contribution in [0.1, 0.15) is 18.9 Å². The van der Waals surface area contributed by atoms with Gasteiger partial charge >= 0.3 is 0 Å². The fraction of sp³-hybridized carbons (Fsp3) is 0.182. The van der Waals surface area contributed by atoms with Crippen LogP contribution in [0.5, 0.6) is 0 Å². The molecule has 0 saturated heterocycles. The molecule has 128 valence electrons. The Kier molecular flexibility index (Phi) is 3.32. The lowest BCUT2D eigenvalue weighted by atomic mass is 10.0. The second-order valence-corrected chi connectivity index (χ2v) is 7.01. The summed E-state index contributed by atoms with van der Waals surface area (Å²) in [6, 6.07) is 17.6. The maximum Gasteiger partial charge on any atom is 0.275 e. The number of para-hydroxylation sites is 1. The molecule has 4 nitrogen and oxygen atoms in total. The van der Waals surface area contributed by atoms with Crippen molar-refractivity contribution < 1.29 is 4.79 Å². The van der Waals surface area contributed by atoms with Gasteiger partial charge in [0, 0.05) is 28.0 Å². The van der Waals surface area contributed by atoms with Gasteiger partial charge in [-0.3, -0.25) is 4.79 Å². The van der Waals surface area contributed by atoms with Crippen LogP contribution in [-0.4, -0.2) is 15.8 Å². The van der Waals surface area contributed by atoms with Crippen molar-refractivity contribution in [2.45, 2.75) is 18.9 Å². The van der Waals surface area contributed by atoms with Crippen molar-refractivity contribution >= 4 is 28.1 Å². The van der Waals surface area contributed by atoms with E-state index < -0.39 is 0 Å². The highest BCUT2D eigenvalue weighted by Crippen LogP contribution is 2.40. The second-order valence-electron chi connectivity index (χ2n) is 7.01. The van der Waals surface area contributed by atoms with Gasteiger partial charge in [0.15, 0.2) is 0 Å². The van der Waals surface area contributed by atoms with Gasteiger partial charge in [-0.05, 0) is 30.4 Å². The van der Waals surface area contributed by atoms with E-state index in [2.05, 4.69) is 4.98 Å². The van der Waals surface area contributed by atoms with Crippen molar-refractivity contribution in [2.75, 3.05) is 0 Å². The third kappa shape index (κ3) is 2.22. The quantitative estimate of drug-likeness (QED) is 0.562. The molecule has 4 aromatic rings. The molecule has 0 aliphatic heterocycles. The number of aromatic amines is 1. The zero-order valence-corrected chi connectivity index (χ0v) is 14.2. The van der Waals surface area contributed by atoms with Crippen LogP contribution in [0.3, 0.4) is 0 Å². The van der Waals surface area contributed by atoms with Crippen LogP contribution in [-0.2, 0) is 4.79 Å². The fourth-order valence-corrected chi connectivity index (χ4v) is 3.87. The number of rotatable bonds is 4. The van der Waals surface area contributed by atoms with Gasteiger partial charge in [0.05, 0.1) is 6.04 Å². The van der Waals surface area contributed by atoms with Crippen molar-refractivity contribution in [3.8, 4) is 11.1 Å². The average molecular weight is 342 g/mol. The number of carbonyl (C=O) groups excluding carboxylic acids is 1. The Morgan fingerprint density at radius 1 is 1.04 bits per heavy atom. The molecule has 1 unspecified atom stereocenters. The number of aromatic nitrogens is 2. The van der Waals surface area contributed by atoms with E-state index in [1.54, 1.807) is 4.57 Å². The molecule has 5 rings (SSSR count). The highest BCUT2D eigenvalue weighted by atomic mass is 16.1. The molecular formula is C22H18N2O2. The van der Waals surface area contributed by atoms with E-state index in [0.29, 0.717) is 5.52 Å². The van der Waals surface area contributed by atoms with Crippen LogP contribution in [0.25, 0.3) is 32.9 Å². The van der Waals surface area contributed by atoms with Gasteiger partial charge in [0.25, 0.3) is 5.56 Å². The van der Waals surface area contributed by atoms with Crippen LogP contribution in [0.2, 0.25) is 0 Å². The monoisotopic (exact) mass is 342 g/mol. The Hall–Kier alpha value is -3.14. The Balaban J connectivity index is 1.91. The van der Waals surface area contributed by atoms with Gasteiger partial charge in [-0.25, -0.2) is 0 Å². The zero-order chi connectivity index (χ0) is 17.7. The van der Waals surface area contributed by atoms with Crippen molar-refractivity contribution in [1.82, 2.24) is 9.55 Å². The number of nitrogens with zero attached hydrogens (tertiary/aromatic N) is 1. The molecule has 0 radical (unpaired) electrons. The summed E-state index contributed by atoms with van der Waals surface area (Å²) < 4.78 is 1.63. The van der Waals surface area contributed by atoms with E-state index in [1.807, 2.05) is 60.8 Å². The summed E-state index contributed by atoms with van der Waals surface area (Å²) in [5.74, 6) is 0.274. The van der Waals surface area contributed by atoms with Crippen molar-refractivity contribution in [2.24, 2.45) is 5.92 Å². The van der Waals surface area contributed by atoms with Gasteiger partial charge in [0.2, 0.25) is 0 Å². The summed E-state index contributed by atoms with van der Waals surface area (Å²) >= 11 is 0. The minimum absolute atomic E-state index is 0.125. The summed E-state index contributed by atoms with van der Waals surface area (Å²) in [5.41, 5.74) is 3.39. The van der Waals surface area contributed by atoms with E-state index >= 15 is 0 Å². The second kappa shape index (κ2) is 5.70. The predicted octanol–water partition coefficient (Wildman–Crippen LogP) is 4.30. The molecule has 1 aliphatic carbocycles. The van der Waals surface area contributed by atoms with E-state index in [0.717, 1.165) is 46.5 Å². The Morgan fingerprint density at radius 3 is 2.50 bits per heavy atom. The molecule has 1 aliphatic rings. The minimum Gasteiger partial charge on any atom is -0.350 e. The van der Waals surface area contributed by atoms with Gasteiger partial charge < -0.3 is 14.3 Å². The van der Waals surface area contributed by atoms with E-state index in [9.17, 15) is 9.59 Å². The zero-order valence-electron chi connectivity index (χ0n) is 14.2. The van der Waals surface area contributed by atoms with Crippen LogP contribution in [0, 0.1) is 5.92 Å². The fourth-order valence-electron chi connectivity index (χ4n) is 3.87. The number of fused-ring (bicyclic) bond motifs is 3. The molecule has 1 saturated carbocycles. The molecule has 2 heterocycles. The van der Waals surface area contributed by atoms with Crippen LogP contribution >= 0.6 is 0 Å². The molecule has 0 spiro atoms. The van der Waals surface area contributed by atoms with Crippen LogP contribution in [0.4, 0.5) is 0 Å². The predicted molar refractivity (Wildman–Crippen MR) is 103 cm³/mol. The molecule has 26 heavy (non-hydrogen) atoms. The van der Waals surface area contributed by atoms with Crippen molar-refractivity contribution in [3.05, 3.63) is 71.1 Å². The topological polar surface area (TPSA) is 54.9 Å². The number of nitrogens with one attached hydrogen (secondary N) is 1. The molecular weight excluding hydrogens is 324 g/mol. The highest BCUT2D eigenvalue weighted by molar-refractivity contribution is 6.13. The van der Waals surface area contributed by atoms with Crippen molar-refractivity contribution in [1.29, 1.82) is 0 Å². The largest absolute Gasteiger partial charge is 0.350 e. The van der Waals surface area contributed by atoms with Crippen LogP contribution < -0.4 is 5.56 Å². The first-order valence-electron chi connectivity index (χ1n) is 8.94. The molecule has 4 heteroatoms. The number of pyridine rings is 1. The van der Waals surface area contributed by atoms with Gasteiger partial charge in [-0.15, -0.1) is 0 Å². The van der Waals surface area contributed by atoms with Gasteiger partial charge in [-0.2, -0.15) is 0 Å². The molecule has 1 atom stereocenters. The average Bonchev–Trinajstić information content (AvgIpc) is 3.44. The smallest absolute Gasteiger partial charge is 0.275 e. The Labute approximate surface area is 150 Å². The number of aldehydes is 1. The number of hydrogen-bond donors (Lipinski definition) is 1. The standard InChI is InChI=1S/C22H18N2O2/c25-13-19(15-10-11-15)24-12-17(14-6-2-1-3-7-14)20-16-8-4-5-9-18(16)23-21(20)22(24)26/h1-9,12-13,15,19,23H,10-11H2. The van der Waals surface area contributed by atoms with Gasteiger partial charge in [-0.1, -0.05) is 48.5 Å². The molecule has 0 amide bonds. The Bertz CT molecular complexity index is 1180. The molecule has 2 aromatic carbocycles. The Morgan fingerprint density at radius 2 is 1.77 bits per heavy atom. The van der Waals surface area contributed by atoms with Crippen LogP contribution in [0.15, 0.2) is 65.6 Å². The lowest BCUT2D eigenvalue weighted by molar-refractivity contribution is -0.111. The van der Waals surface area contributed by atoms with Gasteiger partial charge in [0.1, 0.15) is 11.8 Å². The summed E-state index contributed by atoms with van der Waals surface area (Å²) in [5, 5.41) is 1.95. The summed E-state index contributed by atoms with van der Waals surface area (Å²) in [6.07, 6.45) is 4.79. The normalized spacial score (nSPS) is 15.4. The number of carbonyl (C=O) groups is 1. The van der Waals surface area contributed by atoms with Crippen molar-refractivity contribution in [3.63, 3.8) is 0 Å². The number of H-pyrrole nitrogens is 1. The number of hydrogen-bond acceptors (Lipinski definition) is 2. The van der Waals surface area contributed by atoms with E-state index in [1.165, 1.54) is 0 Å². The number of benzene rings is 2. The lowest BCUT2D eigenvalue weighted by Crippen LogP contribution is -2.27. The molecule has 1 N–H and O–H groups in total. The highest BCUT2D eigenvalue weighted by Gasteiger charge is 2.33. The summed E-state index contributed by atoms with van der Waals surface area (Å²) in [6.45, 7) is 0. The third-order valence-corrected chi connectivity index (χ3v) is 5.34. The maximum absolute atomic E-state index is 13.2. The third-order valence-electron chi connectivity index (χ3n) is 5.34. The summed E-state index contributed by atoms with van der Waals surface area (Å²) in [7, 11) is 0. The minimum atomic E-state index is -0.388. The van der Waals surface area contributed by atoms with E-state index in [-0.39, 0.29) is 17.5 Å².